The first kappa shape index (κ1) is 19.8. The quantitative estimate of drug-likeness (QED) is 0.735. The fourth-order valence-electron chi connectivity index (χ4n) is 2.35. The molecule has 1 rings (SSSR count). The highest BCUT2D eigenvalue weighted by molar-refractivity contribution is 7.92. The number of nitrogens with zero attached hydrogens (tertiary/aromatic N) is 1. The molecule has 0 heterocycles. The summed E-state index contributed by atoms with van der Waals surface area (Å²) in [5.41, 5.74) is 0.514. The zero-order chi connectivity index (χ0) is 17.5. The minimum atomic E-state index is -3.42. The molecule has 0 saturated carbocycles. The summed E-state index contributed by atoms with van der Waals surface area (Å²) in [5, 5.41) is 3.39. The van der Waals surface area contributed by atoms with E-state index < -0.39 is 10.0 Å². The highest BCUT2D eigenvalue weighted by atomic mass is 35.5. The van der Waals surface area contributed by atoms with Gasteiger partial charge in [-0.1, -0.05) is 31.0 Å². The number of amides is 1. The van der Waals surface area contributed by atoms with Gasteiger partial charge in [-0.25, -0.2) is 8.42 Å². The Labute approximate surface area is 144 Å². The number of rotatable bonds is 9. The van der Waals surface area contributed by atoms with Crippen molar-refractivity contribution in [3.8, 4) is 0 Å². The van der Waals surface area contributed by atoms with Gasteiger partial charge in [0.25, 0.3) is 0 Å². The van der Waals surface area contributed by atoms with Gasteiger partial charge < -0.3 is 5.32 Å². The molecule has 0 aromatic heterocycles. The second kappa shape index (κ2) is 9.13. The van der Waals surface area contributed by atoms with E-state index in [1.54, 1.807) is 24.3 Å². The Hall–Kier alpha value is -1.27. The van der Waals surface area contributed by atoms with Gasteiger partial charge >= 0.3 is 0 Å². The predicted molar refractivity (Wildman–Crippen MR) is 95.4 cm³/mol. The summed E-state index contributed by atoms with van der Waals surface area (Å²) in [7, 11) is -3.42. The molecule has 0 aliphatic heterocycles. The molecule has 0 saturated heterocycles. The minimum absolute atomic E-state index is 0.0505. The predicted octanol–water partition coefficient (Wildman–Crippen LogP) is 3.19. The van der Waals surface area contributed by atoms with Gasteiger partial charge in [0.1, 0.15) is 0 Å². The van der Waals surface area contributed by atoms with Crippen LogP contribution in [0.5, 0.6) is 0 Å². The number of halogens is 1. The monoisotopic (exact) mass is 360 g/mol. The Kier molecular flexibility index (Phi) is 7.85. The molecule has 23 heavy (non-hydrogen) atoms. The van der Waals surface area contributed by atoms with Crippen molar-refractivity contribution in [2.24, 2.45) is 0 Å². The first-order valence-corrected chi connectivity index (χ1v) is 9.99. The number of carbonyl (C=O) groups is 1. The fraction of sp³-hybridized carbons (Fsp3) is 0.562. The summed E-state index contributed by atoms with van der Waals surface area (Å²) in [5.74, 6) is -0.0505. The number of anilines is 1. The number of sulfonamides is 1. The normalized spacial score (nSPS) is 12.7. The second-order valence-corrected chi connectivity index (χ2v) is 8.02. The van der Waals surface area contributed by atoms with Crippen LogP contribution in [0.3, 0.4) is 0 Å². The van der Waals surface area contributed by atoms with Crippen LogP contribution in [0.2, 0.25) is 5.02 Å². The van der Waals surface area contributed by atoms with E-state index in [0.29, 0.717) is 23.6 Å². The van der Waals surface area contributed by atoms with Crippen LogP contribution in [0.1, 0.15) is 39.5 Å². The first-order valence-electron chi connectivity index (χ1n) is 7.76. The Morgan fingerprint density at radius 1 is 1.39 bits per heavy atom. The van der Waals surface area contributed by atoms with Crippen LogP contribution in [0.25, 0.3) is 0 Å². The van der Waals surface area contributed by atoms with Crippen molar-refractivity contribution in [3.05, 3.63) is 29.3 Å². The van der Waals surface area contributed by atoms with Crippen molar-refractivity contribution in [1.29, 1.82) is 0 Å². The van der Waals surface area contributed by atoms with E-state index in [9.17, 15) is 13.2 Å². The smallest absolute Gasteiger partial charge is 0.232 e. The highest BCUT2D eigenvalue weighted by Crippen LogP contribution is 2.22. The number of nitrogens with one attached hydrogen (secondary N) is 1. The molecule has 1 amide bonds. The Bertz CT molecular complexity index is 620. The Morgan fingerprint density at radius 2 is 2.09 bits per heavy atom. The molecule has 1 atom stereocenters. The van der Waals surface area contributed by atoms with Crippen LogP contribution < -0.4 is 9.62 Å². The maximum atomic E-state index is 12.0. The molecule has 7 heteroatoms. The van der Waals surface area contributed by atoms with E-state index in [1.165, 1.54) is 4.31 Å². The van der Waals surface area contributed by atoms with Gasteiger partial charge in [-0.3, -0.25) is 9.10 Å². The van der Waals surface area contributed by atoms with Crippen molar-refractivity contribution in [2.75, 3.05) is 17.1 Å². The third-order valence-electron chi connectivity index (χ3n) is 3.39. The molecule has 1 N–H and O–H groups in total. The molecule has 1 aromatic rings. The fourth-order valence-corrected chi connectivity index (χ4v) is 3.49. The minimum Gasteiger partial charge on any atom is -0.354 e. The van der Waals surface area contributed by atoms with E-state index in [1.807, 2.05) is 6.92 Å². The van der Waals surface area contributed by atoms with Gasteiger partial charge in [0.05, 0.1) is 11.9 Å². The first-order chi connectivity index (χ1) is 10.7. The zero-order valence-electron chi connectivity index (χ0n) is 13.9. The lowest BCUT2D eigenvalue weighted by molar-refractivity contribution is -0.121. The second-order valence-electron chi connectivity index (χ2n) is 5.68. The van der Waals surface area contributed by atoms with E-state index >= 15 is 0 Å². The lowest BCUT2D eigenvalue weighted by Gasteiger charge is -2.22. The molecular formula is C16H25ClN2O3S. The van der Waals surface area contributed by atoms with Crippen molar-refractivity contribution < 1.29 is 13.2 Å². The average Bonchev–Trinajstić information content (AvgIpc) is 2.42. The van der Waals surface area contributed by atoms with Gasteiger partial charge in [0.15, 0.2) is 0 Å². The van der Waals surface area contributed by atoms with Gasteiger partial charge in [-0.15, -0.1) is 0 Å². The van der Waals surface area contributed by atoms with Crippen molar-refractivity contribution in [3.63, 3.8) is 0 Å². The maximum Gasteiger partial charge on any atom is 0.232 e. The van der Waals surface area contributed by atoms with Gasteiger partial charge in [0.2, 0.25) is 15.9 Å². The molecule has 0 radical (unpaired) electrons. The van der Waals surface area contributed by atoms with Crippen molar-refractivity contribution >= 4 is 33.2 Å². The standard InChI is InChI=1S/C16H25ClN2O3S/c1-4-7-13(2)18-16(20)10-6-11-19(23(3,21)22)15-9-5-8-14(17)12-15/h5,8-9,12-13H,4,6-7,10-11H2,1-3H3,(H,18,20)/t13-/m1/s1. The van der Waals surface area contributed by atoms with Gasteiger partial charge in [-0.2, -0.15) is 0 Å². The SMILES string of the molecule is CCC[C@@H](C)NC(=O)CCCN(c1cccc(Cl)c1)S(C)(=O)=O. The van der Waals surface area contributed by atoms with E-state index in [0.717, 1.165) is 19.1 Å². The Morgan fingerprint density at radius 3 is 2.65 bits per heavy atom. The number of carbonyl (C=O) groups excluding carboxylic acids is 1. The topological polar surface area (TPSA) is 66.5 Å². The van der Waals surface area contributed by atoms with Crippen molar-refractivity contribution in [2.45, 2.75) is 45.6 Å². The van der Waals surface area contributed by atoms with Gasteiger partial charge in [0, 0.05) is 24.0 Å². The van der Waals surface area contributed by atoms with E-state index in [4.69, 9.17) is 11.6 Å². The summed E-state index contributed by atoms with van der Waals surface area (Å²) < 4.78 is 25.2. The molecule has 5 nitrogen and oxygen atoms in total. The van der Waals surface area contributed by atoms with Crippen LogP contribution in [-0.4, -0.2) is 33.2 Å². The van der Waals surface area contributed by atoms with Crippen LogP contribution in [0.4, 0.5) is 5.69 Å². The van der Waals surface area contributed by atoms with E-state index in [-0.39, 0.29) is 18.5 Å². The van der Waals surface area contributed by atoms with Crippen molar-refractivity contribution in [1.82, 2.24) is 5.32 Å². The summed E-state index contributed by atoms with van der Waals surface area (Å²) in [6.45, 7) is 4.28. The number of benzene rings is 1. The maximum absolute atomic E-state index is 12.0. The van der Waals surface area contributed by atoms with Crippen LogP contribution in [-0.2, 0) is 14.8 Å². The molecule has 0 spiro atoms. The number of hydrogen-bond donors (Lipinski definition) is 1. The molecule has 0 bridgehead atoms. The van der Waals surface area contributed by atoms with E-state index in [2.05, 4.69) is 12.2 Å². The molecule has 0 aliphatic rings. The van der Waals surface area contributed by atoms with Crippen LogP contribution in [0.15, 0.2) is 24.3 Å². The molecule has 0 fully saturated rings. The van der Waals surface area contributed by atoms with Gasteiger partial charge in [-0.05, 0) is 38.0 Å². The zero-order valence-corrected chi connectivity index (χ0v) is 15.5. The third kappa shape index (κ3) is 7.22. The third-order valence-corrected chi connectivity index (χ3v) is 4.82. The summed E-state index contributed by atoms with van der Waals surface area (Å²) >= 11 is 5.92. The summed E-state index contributed by atoms with van der Waals surface area (Å²) in [4.78, 5) is 11.8. The largest absolute Gasteiger partial charge is 0.354 e. The average molecular weight is 361 g/mol. The molecular weight excluding hydrogens is 336 g/mol. The number of hydrogen-bond acceptors (Lipinski definition) is 3. The molecule has 1 aromatic carbocycles. The highest BCUT2D eigenvalue weighted by Gasteiger charge is 2.18. The summed E-state index contributed by atoms with van der Waals surface area (Å²) in [6, 6.07) is 6.83. The lowest BCUT2D eigenvalue weighted by atomic mass is 10.2. The van der Waals surface area contributed by atoms with Crippen LogP contribution >= 0.6 is 11.6 Å². The molecule has 0 aliphatic carbocycles. The lowest BCUT2D eigenvalue weighted by Crippen LogP contribution is -2.34. The Balaban J connectivity index is 2.62. The summed E-state index contributed by atoms with van der Waals surface area (Å²) in [6.07, 6.45) is 3.84. The van der Waals surface area contributed by atoms with Crippen LogP contribution in [0, 0.1) is 0 Å². The molecule has 130 valence electrons. The molecule has 0 unspecified atom stereocenters.